The Morgan fingerprint density at radius 1 is 1.38 bits per heavy atom. The number of carbonyl (C=O) groups is 1. The van der Waals surface area contributed by atoms with Gasteiger partial charge in [-0.1, -0.05) is 12.1 Å². The van der Waals surface area contributed by atoms with E-state index in [0.717, 1.165) is 23.2 Å². The van der Waals surface area contributed by atoms with Crippen LogP contribution in [-0.4, -0.2) is 13.4 Å². The SMILES string of the molecule is COc1ccc(C=CC=O)cc1C. The Labute approximate surface area is 77.8 Å². The minimum atomic E-state index is 0.763. The van der Waals surface area contributed by atoms with Crippen molar-refractivity contribution < 1.29 is 9.53 Å². The maximum Gasteiger partial charge on any atom is 0.142 e. The molecule has 0 unspecified atom stereocenters. The van der Waals surface area contributed by atoms with E-state index in [0.29, 0.717) is 0 Å². The van der Waals surface area contributed by atoms with Gasteiger partial charge in [0.05, 0.1) is 7.11 Å². The molecule has 0 saturated carbocycles. The lowest BCUT2D eigenvalue weighted by Crippen LogP contribution is -1.86. The second kappa shape index (κ2) is 4.45. The third kappa shape index (κ3) is 2.44. The zero-order valence-corrected chi connectivity index (χ0v) is 7.78. The van der Waals surface area contributed by atoms with Gasteiger partial charge in [0.1, 0.15) is 12.0 Å². The number of aryl methyl sites for hydroxylation is 1. The minimum absolute atomic E-state index is 0.763. The van der Waals surface area contributed by atoms with E-state index in [1.807, 2.05) is 25.1 Å². The number of aldehydes is 1. The van der Waals surface area contributed by atoms with Crippen LogP contribution in [0, 0.1) is 6.92 Å². The van der Waals surface area contributed by atoms with Crippen molar-refractivity contribution in [1.82, 2.24) is 0 Å². The Morgan fingerprint density at radius 2 is 2.15 bits per heavy atom. The van der Waals surface area contributed by atoms with Crippen molar-refractivity contribution in [2.75, 3.05) is 7.11 Å². The molecule has 0 spiro atoms. The molecule has 0 heterocycles. The first kappa shape index (κ1) is 9.52. The fraction of sp³-hybridized carbons (Fsp3) is 0.182. The van der Waals surface area contributed by atoms with E-state index in [2.05, 4.69) is 0 Å². The number of methoxy groups -OCH3 is 1. The van der Waals surface area contributed by atoms with Gasteiger partial charge in [-0.05, 0) is 36.3 Å². The van der Waals surface area contributed by atoms with Gasteiger partial charge in [0, 0.05) is 0 Å². The van der Waals surface area contributed by atoms with Crippen LogP contribution in [-0.2, 0) is 4.79 Å². The molecule has 0 N–H and O–H groups in total. The van der Waals surface area contributed by atoms with E-state index >= 15 is 0 Å². The van der Waals surface area contributed by atoms with Gasteiger partial charge < -0.3 is 4.74 Å². The summed E-state index contributed by atoms with van der Waals surface area (Å²) < 4.78 is 5.11. The molecular formula is C11H12O2. The maximum atomic E-state index is 10.1. The Balaban J connectivity index is 2.95. The predicted molar refractivity (Wildman–Crippen MR) is 52.8 cm³/mol. The van der Waals surface area contributed by atoms with Gasteiger partial charge in [-0.25, -0.2) is 0 Å². The van der Waals surface area contributed by atoms with Crippen molar-refractivity contribution in [3.05, 3.63) is 35.4 Å². The van der Waals surface area contributed by atoms with Crippen molar-refractivity contribution in [1.29, 1.82) is 0 Å². The molecule has 0 aliphatic rings. The highest BCUT2D eigenvalue weighted by Gasteiger charge is 1.96. The number of allylic oxidation sites excluding steroid dienone is 1. The van der Waals surface area contributed by atoms with Crippen LogP contribution >= 0.6 is 0 Å². The van der Waals surface area contributed by atoms with Crippen molar-refractivity contribution in [2.24, 2.45) is 0 Å². The Bertz CT molecular complexity index is 327. The molecule has 0 radical (unpaired) electrons. The number of hydrogen-bond acceptors (Lipinski definition) is 2. The number of benzene rings is 1. The van der Waals surface area contributed by atoms with Gasteiger partial charge in [0.15, 0.2) is 0 Å². The molecule has 0 aliphatic carbocycles. The standard InChI is InChI=1S/C11H12O2/c1-9-8-10(4-3-7-12)5-6-11(9)13-2/h3-8H,1-2H3. The molecule has 0 bridgehead atoms. The Kier molecular flexibility index (Phi) is 3.26. The molecule has 0 aliphatic heterocycles. The normalized spacial score (nSPS) is 10.3. The zero-order valence-electron chi connectivity index (χ0n) is 7.78. The molecule has 1 aromatic carbocycles. The van der Waals surface area contributed by atoms with Crippen LogP contribution < -0.4 is 4.74 Å². The summed E-state index contributed by atoms with van der Waals surface area (Å²) in [4.78, 5) is 10.1. The summed E-state index contributed by atoms with van der Waals surface area (Å²) in [6.45, 7) is 1.97. The smallest absolute Gasteiger partial charge is 0.142 e. The van der Waals surface area contributed by atoms with Crippen molar-refractivity contribution in [3.8, 4) is 5.75 Å². The topological polar surface area (TPSA) is 26.3 Å². The van der Waals surface area contributed by atoms with Crippen LogP contribution in [0.15, 0.2) is 24.3 Å². The van der Waals surface area contributed by atoms with Gasteiger partial charge in [-0.2, -0.15) is 0 Å². The third-order valence-corrected chi connectivity index (χ3v) is 1.79. The second-order valence-electron chi connectivity index (χ2n) is 2.72. The number of rotatable bonds is 3. The molecule has 0 atom stereocenters. The first-order valence-corrected chi connectivity index (χ1v) is 4.04. The Hall–Kier alpha value is -1.57. The van der Waals surface area contributed by atoms with E-state index in [1.165, 1.54) is 6.08 Å². The first-order valence-electron chi connectivity index (χ1n) is 4.04. The summed E-state index contributed by atoms with van der Waals surface area (Å²) in [5, 5.41) is 0. The van der Waals surface area contributed by atoms with Gasteiger partial charge in [-0.3, -0.25) is 4.79 Å². The van der Waals surface area contributed by atoms with Gasteiger partial charge in [-0.15, -0.1) is 0 Å². The van der Waals surface area contributed by atoms with Crippen LogP contribution in [0.2, 0.25) is 0 Å². The number of hydrogen-bond donors (Lipinski definition) is 0. The molecule has 2 nitrogen and oxygen atoms in total. The second-order valence-corrected chi connectivity index (χ2v) is 2.72. The summed E-state index contributed by atoms with van der Waals surface area (Å²) in [7, 11) is 1.64. The lowest BCUT2D eigenvalue weighted by molar-refractivity contribution is -0.104. The zero-order chi connectivity index (χ0) is 9.68. The van der Waals surface area contributed by atoms with Crippen molar-refractivity contribution >= 4 is 12.4 Å². The number of carbonyl (C=O) groups excluding carboxylic acids is 1. The molecule has 0 amide bonds. The molecule has 68 valence electrons. The van der Waals surface area contributed by atoms with E-state index in [-0.39, 0.29) is 0 Å². The van der Waals surface area contributed by atoms with Gasteiger partial charge in [0.25, 0.3) is 0 Å². The van der Waals surface area contributed by atoms with Gasteiger partial charge in [0.2, 0.25) is 0 Å². The molecule has 1 rings (SSSR count). The molecule has 1 aromatic rings. The lowest BCUT2D eigenvalue weighted by atomic mass is 10.1. The molecular weight excluding hydrogens is 164 g/mol. The van der Waals surface area contributed by atoms with Crippen LogP contribution in [0.25, 0.3) is 6.08 Å². The fourth-order valence-corrected chi connectivity index (χ4v) is 1.16. The van der Waals surface area contributed by atoms with Crippen LogP contribution in [0.4, 0.5) is 0 Å². The quantitative estimate of drug-likeness (QED) is 0.521. The van der Waals surface area contributed by atoms with Crippen LogP contribution in [0.3, 0.4) is 0 Å². The predicted octanol–water partition coefficient (Wildman–Crippen LogP) is 2.22. The largest absolute Gasteiger partial charge is 0.496 e. The molecule has 0 aromatic heterocycles. The van der Waals surface area contributed by atoms with E-state index in [1.54, 1.807) is 13.2 Å². The highest BCUT2D eigenvalue weighted by atomic mass is 16.5. The van der Waals surface area contributed by atoms with E-state index in [9.17, 15) is 4.79 Å². The average Bonchev–Trinajstić information content (AvgIpc) is 2.15. The van der Waals surface area contributed by atoms with E-state index < -0.39 is 0 Å². The monoisotopic (exact) mass is 176 g/mol. The molecule has 0 fully saturated rings. The summed E-state index contributed by atoms with van der Waals surface area (Å²) >= 11 is 0. The summed E-state index contributed by atoms with van der Waals surface area (Å²) in [6.07, 6.45) is 4.00. The van der Waals surface area contributed by atoms with Gasteiger partial charge >= 0.3 is 0 Å². The third-order valence-electron chi connectivity index (χ3n) is 1.79. The summed E-state index contributed by atoms with van der Waals surface area (Å²) in [5.41, 5.74) is 2.07. The van der Waals surface area contributed by atoms with Crippen molar-refractivity contribution in [3.63, 3.8) is 0 Å². The van der Waals surface area contributed by atoms with E-state index in [4.69, 9.17) is 4.74 Å². The molecule has 13 heavy (non-hydrogen) atoms. The fourth-order valence-electron chi connectivity index (χ4n) is 1.16. The number of ether oxygens (including phenoxy) is 1. The van der Waals surface area contributed by atoms with Crippen LogP contribution in [0.1, 0.15) is 11.1 Å². The lowest BCUT2D eigenvalue weighted by Gasteiger charge is -2.04. The average molecular weight is 176 g/mol. The highest BCUT2D eigenvalue weighted by molar-refractivity contribution is 5.74. The van der Waals surface area contributed by atoms with Crippen LogP contribution in [0.5, 0.6) is 5.75 Å². The summed E-state index contributed by atoms with van der Waals surface area (Å²) in [6, 6.07) is 5.77. The minimum Gasteiger partial charge on any atom is -0.496 e. The molecule has 0 saturated heterocycles. The van der Waals surface area contributed by atoms with Crippen molar-refractivity contribution in [2.45, 2.75) is 6.92 Å². The molecule has 2 heteroatoms. The first-order chi connectivity index (χ1) is 6.27. The highest BCUT2D eigenvalue weighted by Crippen LogP contribution is 2.18. The summed E-state index contributed by atoms with van der Waals surface area (Å²) in [5.74, 6) is 0.864. The maximum absolute atomic E-state index is 10.1. The Morgan fingerprint density at radius 3 is 2.69 bits per heavy atom.